The number of rotatable bonds is 0. The third kappa shape index (κ3) is 3.39. The molecule has 0 bridgehead atoms. The lowest BCUT2D eigenvalue weighted by molar-refractivity contribution is 0.476. The molecule has 0 fully saturated rings. The quantitative estimate of drug-likeness (QED) is 0.537. The summed E-state index contributed by atoms with van der Waals surface area (Å²) in [5, 5.41) is 11.1. The predicted octanol–water partition coefficient (Wildman–Crippen LogP) is 3.40. The van der Waals surface area contributed by atoms with Crippen LogP contribution < -0.4 is 11.5 Å². The van der Waals surface area contributed by atoms with E-state index in [2.05, 4.69) is 0 Å². The summed E-state index contributed by atoms with van der Waals surface area (Å²) in [6.45, 7) is 0. The van der Waals surface area contributed by atoms with Gasteiger partial charge in [0.1, 0.15) is 5.75 Å². The number of phenolic OH excluding ortho intramolecular Hbond substituents is 1. The highest BCUT2D eigenvalue weighted by Gasteiger charge is 1.96. The SMILES string of the molecule is Nc1cccc2cc(O)ccc12.Nc1ccccc1. The molecule has 3 rings (SSSR count). The van der Waals surface area contributed by atoms with Crippen LogP contribution in [0.2, 0.25) is 0 Å². The van der Waals surface area contributed by atoms with Crippen LogP contribution in [0.3, 0.4) is 0 Å². The van der Waals surface area contributed by atoms with E-state index in [1.54, 1.807) is 12.1 Å². The molecular weight excluding hydrogens is 236 g/mol. The van der Waals surface area contributed by atoms with Crippen molar-refractivity contribution >= 4 is 22.1 Å². The summed E-state index contributed by atoms with van der Waals surface area (Å²) in [7, 11) is 0. The topological polar surface area (TPSA) is 72.3 Å². The maximum absolute atomic E-state index is 9.18. The molecule has 3 aromatic rings. The van der Waals surface area contributed by atoms with E-state index >= 15 is 0 Å². The van der Waals surface area contributed by atoms with Crippen molar-refractivity contribution in [3.8, 4) is 5.75 Å². The molecule has 0 radical (unpaired) electrons. The van der Waals surface area contributed by atoms with Crippen molar-refractivity contribution in [2.24, 2.45) is 0 Å². The molecule has 0 aliphatic rings. The van der Waals surface area contributed by atoms with Crippen LogP contribution in [0.25, 0.3) is 10.8 Å². The van der Waals surface area contributed by atoms with E-state index in [0.29, 0.717) is 0 Å². The van der Waals surface area contributed by atoms with Crippen molar-refractivity contribution in [2.45, 2.75) is 0 Å². The molecule has 0 heterocycles. The summed E-state index contributed by atoms with van der Waals surface area (Å²) in [6.07, 6.45) is 0. The molecule has 0 atom stereocenters. The molecule has 0 saturated heterocycles. The first-order chi connectivity index (χ1) is 9.16. The first-order valence-corrected chi connectivity index (χ1v) is 5.94. The highest BCUT2D eigenvalue weighted by atomic mass is 16.3. The summed E-state index contributed by atoms with van der Waals surface area (Å²) in [4.78, 5) is 0. The molecule has 96 valence electrons. The lowest BCUT2D eigenvalue weighted by Crippen LogP contribution is -1.85. The van der Waals surface area contributed by atoms with Gasteiger partial charge in [-0.05, 0) is 41.8 Å². The second-order valence-corrected chi connectivity index (χ2v) is 4.16. The highest BCUT2D eigenvalue weighted by Crippen LogP contribution is 2.24. The third-order valence-electron chi connectivity index (χ3n) is 2.70. The van der Waals surface area contributed by atoms with Gasteiger partial charge in [0.15, 0.2) is 0 Å². The molecule has 3 nitrogen and oxygen atoms in total. The first kappa shape index (κ1) is 12.8. The Balaban J connectivity index is 0.000000163. The second kappa shape index (κ2) is 5.78. The number of para-hydroxylation sites is 1. The second-order valence-electron chi connectivity index (χ2n) is 4.16. The van der Waals surface area contributed by atoms with E-state index in [9.17, 15) is 5.11 Å². The van der Waals surface area contributed by atoms with E-state index in [0.717, 1.165) is 22.1 Å². The van der Waals surface area contributed by atoms with E-state index in [4.69, 9.17) is 11.5 Å². The Kier molecular flexibility index (Phi) is 3.88. The van der Waals surface area contributed by atoms with Crippen molar-refractivity contribution in [1.29, 1.82) is 0 Å². The monoisotopic (exact) mass is 252 g/mol. The molecule has 0 aliphatic heterocycles. The van der Waals surface area contributed by atoms with Gasteiger partial charge in [-0.25, -0.2) is 0 Å². The maximum Gasteiger partial charge on any atom is 0.116 e. The standard InChI is InChI=1S/C10H9NO.C6H7N/c11-10-3-1-2-7-6-8(12)4-5-9(7)10;7-6-4-2-1-3-5-6/h1-6,12H,11H2;1-5H,7H2. The average molecular weight is 252 g/mol. The number of anilines is 2. The number of phenols is 1. The minimum Gasteiger partial charge on any atom is -0.508 e. The molecule has 0 saturated carbocycles. The molecule has 0 unspecified atom stereocenters. The fraction of sp³-hybridized carbons (Fsp3) is 0. The number of hydrogen-bond acceptors (Lipinski definition) is 3. The largest absolute Gasteiger partial charge is 0.508 e. The van der Waals surface area contributed by atoms with Gasteiger partial charge in [-0.15, -0.1) is 0 Å². The Morgan fingerprint density at radius 2 is 1.47 bits per heavy atom. The molecule has 0 spiro atoms. The molecular formula is C16H16N2O. The predicted molar refractivity (Wildman–Crippen MR) is 80.9 cm³/mol. The zero-order valence-electron chi connectivity index (χ0n) is 10.5. The summed E-state index contributed by atoms with van der Waals surface area (Å²) < 4.78 is 0. The van der Waals surface area contributed by atoms with Crippen molar-refractivity contribution in [1.82, 2.24) is 0 Å². The molecule has 0 aromatic heterocycles. The lowest BCUT2D eigenvalue weighted by Gasteiger charge is -2.00. The van der Waals surface area contributed by atoms with Crippen LogP contribution in [0.15, 0.2) is 66.7 Å². The van der Waals surface area contributed by atoms with Gasteiger partial charge in [-0.3, -0.25) is 0 Å². The summed E-state index contributed by atoms with van der Waals surface area (Å²) in [6, 6.07) is 20.3. The number of hydrogen-bond donors (Lipinski definition) is 3. The molecule has 0 amide bonds. The van der Waals surface area contributed by atoms with E-state index in [1.165, 1.54) is 0 Å². The van der Waals surface area contributed by atoms with E-state index < -0.39 is 0 Å². The Labute approximate surface area is 112 Å². The van der Waals surface area contributed by atoms with Gasteiger partial charge in [0.2, 0.25) is 0 Å². The first-order valence-electron chi connectivity index (χ1n) is 5.94. The Morgan fingerprint density at radius 3 is 2.11 bits per heavy atom. The maximum atomic E-state index is 9.18. The Bertz CT molecular complexity index is 666. The lowest BCUT2D eigenvalue weighted by atomic mass is 10.1. The number of benzene rings is 3. The molecule has 3 heteroatoms. The number of nitrogens with two attached hydrogens (primary N) is 2. The van der Waals surface area contributed by atoms with Gasteiger partial charge in [-0.1, -0.05) is 30.3 Å². The zero-order valence-corrected chi connectivity index (χ0v) is 10.5. The van der Waals surface area contributed by atoms with Gasteiger partial charge in [-0.2, -0.15) is 0 Å². The van der Waals surface area contributed by atoms with Crippen LogP contribution in [0.1, 0.15) is 0 Å². The minimum atomic E-state index is 0.271. The Morgan fingerprint density at radius 1 is 0.737 bits per heavy atom. The van der Waals surface area contributed by atoms with Crippen molar-refractivity contribution in [3.63, 3.8) is 0 Å². The molecule has 19 heavy (non-hydrogen) atoms. The molecule has 5 N–H and O–H groups in total. The smallest absolute Gasteiger partial charge is 0.116 e. The van der Waals surface area contributed by atoms with E-state index in [1.807, 2.05) is 54.6 Å². The van der Waals surface area contributed by atoms with Crippen LogP contribution >= 0.6 is 0 Å². The van der Waals surface area contributed by atoms with Gasteiger partial charge >= 0.3 is 0 Å². The van der Waals surface area contributed by atoms with Gasteiger partial charge in [0, 0.05) is 16.8 Å². The van der Waals surface area contributed by atoms with Crippen molar-refractivity contribution in [3.05, 3.63) is 66.7 Å². The van der Waals surface area contributed by atoms with Crippen LogP contribution in [0, 0.1) is 0 Å². The highest BCUT2D eigenvalue weighted by molar-refractivity contribution is 5.93. The van der Waals surface area contributed by atoms with Gasteiger partial charge in [0.25, 0.3) is 0 Å². The fourth-order valence-electron chi connectivity index (χ4n) is 1.75. The normalized spacial score (nSPS) is 9.68. The summed E-state index contributed by atoms with van der Waals surface area (Å²) in [5.74, 6) is 0.271. The van der Waals surface area contributed by atoms with E-state index in [-0.39, 0.29) is 5.75 Å². The summed E-state index contributed by atoms with van der Waals surface area (Å²) >= 11 is 0. The summed E-state index contributed by atoms with van der Waals surface area (Å²) in [5.41, 5.74) is 12.6. The molecule has 3 aromatic carbocycles. The third-order valence-corrected chi connectivity index (χ3v) is 2.70. The van der Waals surface area contributed by atoms with Crippen molar-refractivity contribution in [2.75, 3.05) is 11.5 Å². The van der Waals surface area contributed by atoms with Crippen molar-refractivity contribution < 1.29 is 5.11 Å². The van der Waals surface area contributed by atoms with Crippen LogP contribution in [0.5, 0.6) is 5.75 Å². The number of nitrogen functional groups attached to an aromatic ring is 2. The van der Waals surface area contributed by atoms with Crippen LogP contribution in [0.4, 0.5) is 11.4 Å². The van der Waals surface area contributed by atoms with Gasteiger partial charge < -0.3 is 16.6 Å². The van der Waals surface area contributed by atoms with Gasteiger partial charge in [0.05, 0.1) is 0 Å². The number of fused-ring (bicyclic) bond motifs is 1. The average Bonchev–Trinajstić information content (AvgIpc) is 2.40. The van der Waals surface area contributed by atoms with Crippen LogP contribution in [-0.4, -0.2) is 5.11 Å². The van der Waals surface area contributed by atoms with Crippen LogP contribution in [-0.2, 0) is 0 Å². The minimum absolute atomic E-state index is 0.271. The fourth-order valence-corrected chi connectivity index (χ4v) is 1.75. The zero-order chi connectivity index (χ0) is 13.7. The Hall–Kier alpha value is -2.68. The number of aromatic hydroxyl groups is 1. The molecule has 0 aliphatic carbocycles.